The molecule has 100 valence electrons. The number of anilines is 1. The van der Waals surface area contributed by atoms with E-state index in [9.17, 15) is 4.79 Å². The lowest BCUT2D eigenvalue weighted by Gasteiger charge is -2.18. The first-order chi connectivity index (χ1) is 8.56. The Morgan fingerprint density at radius 2 is 2.33 bits per heavy atom. The van der Waals surface area contributed by atoms with E-state index in [2.05, 4.69) is 17.2 Å². The first kappa shape index (κ1) is 14.7. The standard InChI is InChI=1S/C12H17ClN2O3/c1-3-4-9(7-18-2)14-11-6-8(12(16)17)5-10(13)15-11/h5-6,9H,3-4,7H2,1-2H3,(H,14,15)(H,16,17). The summed E-state index contributed by atoms with van der Waals surface area (Å²) >= 11 is 5.79. The molecule has 18 heavy (non-hydrogen) atoms. The van der Waals surface area contributed by atoms with Crippen molar-refractivity contribution in [2.45, 2.75) is 25.8 Å². The van der Waals surface area contributed by atoms with Crippen molar-refractivity contribution in [1.29, 1.82) is 0 Å². The van der Waals surface area contributed by atoms with Crippen molar-refractivity contribution in [3.8, 4) is 0 Å². The Labute approximate surface area is 111 Å². The van der Waals surface area contributed by atoms with Gasteiger partial charge in [0.2, 0.25) is 0 Å². The molecule has 0 aliphatic heterocycles. The van der Waals surface area contributed by atoms with Crippen molar-refractivity contribution in [1.82, 2.24) is 4.98 Å². The summed E-state index contributed by atoms with van der Waals surface area (Å²) in [5.41, 5.74) is 0.116. The highest BCUT2D eigenvalue weighted by Crippen LogP contribution is 2.16. The fourth-order valence-corrected chi connectivity index (χ4v) is 1.86. The van der Waals surface area contributed by atoms with Crippen LogP contribution in [0.1, 0.15) is 30.1 Å². The number of hydrogen-bond acceptors (Lipinski definition) is 4. The van der Waals surface area contributed by atoms with Gasteiger partial charge in [0.05, 0.1) is 18.2 Å². The van der Waals surface area contributed by atoms with E-state index in [1.54, 1.807) is 7.11 Å². The number of halogens is 1. The number of aromatic carboxylic acids is 1. The maximum absolute atomic E-state index is 10.9. The summed E-state index contributed by atoms with van der Waals surface area (Å²) in [6.45, 7) is 2.60. The van der Waals surface area contributed by atoms with Crippen LogP contribution in [0.15, 0.2) is 12.1 Å². The molecule has 0 fully saturated rings. The maximum Gasteiger partial charge on any atom is 0.335 e. The van der Waals surface area contributed by atoms with Crippen LogP contribution in [-0.4, -0.2) is 35.8 Å². The summed E-state index contributed by atoms with van der Waals surface area (Å²) in [4.78, 5) is 15.0. The van der Waals surface area contributed by atoms with Crippen molar-refractivity contribution in [2.24, 2.45) is 0 Å². The number of hydrogen-bond donors (Lipinski definition) is 2. The molecule has 0 bridgehead atoms. The molecule has 1 aromatic heterocycles. The quantitative estimate of drug-likeness (QED) is 0.747. The van der Waals surface area contributed by atoms with Crippen LogP contribution in [0.5, 0.6) is 0 Å². The molecule has 5 nitrogen and oxygen atoms in total. The second-order valence-electron chi connectivity index (χ2n) is 3.95. The molecule has 1 heterocycles. The molecule has 6 heteroatoms. The first-order valence-electron chi connectivity index (χ1n) is 5.73. The number of aromatic nitrogens is 1. The van der Waals surface area contributed by atoms with E-state index in [0.29, 0.717) is 12.4 Å². The van der Waals surface area contributed by atoms with Crippen molar-refractivity contribution in [3.05, 3.63) is 22.8 Å². The maximum atomic E-state index is 10.9. The smallest absolute Gasteiger partial charge is 0.335 e. The average molecular weight is 273 g/mol. The number of carboxylic acid groups (broad SMARTS) is 1. The van der Waals surface area contributed by atoms with Gasteiger partial charge >= 0.3 is 5.97 Å². The zero-order valence-corrected chi connectivity index (χ0v) is 11.2. The van der Waals surface area contributed by atoms with Crippen LogP contribution >= 0.6 is 11.6 Å². The Morgan fingerprint density at radius 3 is 2.89 bits per heavy atom. The minimum atomic E-state index is -1.03. The summed E-state index contributed by atoms with van der Waals surface area (Å²) in [7, 11) is 1.62. The number of rotatable bonds is 7. The molecule has 0 saturated carbocycles. The summed E-state index contributed by atoms with van der Waals surface area (Å²) in [6, 6.07) is 2.87. The van der Waals surface area contributed by atoms with E-state index in [4.69, 9.17) is 21.4 Å². The Bertz CT molecular complexity index is 406. The highest BCUT2D eigenvalue weighted by Gasteiger charge is 2.11. The van der Waals surface area contributed by atoms with Gasteiger partial charge in [0.25, 0.3) is 0 Å². The Hall–Kier alpha value is -1.33. The van der Waals surface area contributed by atoms with E-state index in [1.165, 1.54) is 12.1 Å². The number of nitrogens with zero attached hydrogens (tertiary/aromatic N) is 1. The summed E-state index contributed by atoms with van der Waals surface area (Å²) < 4.78 is 5.10. The molecule has 0 aliphatic carbocycles. The van der Waals surface area contributed by atoms with Crippen molar-refractivity contribution < 1.29 is 14.6 Å². The van der Waals surface area contributed by atoms with Gasteiger partial charge in [0.1, 0.15) is 11.0 Å². The average Bonchev–Trinajstić information content (AvgIpc) is 2.28. The highest BCUT2D eigenvalue weighted by atomic mass is 35.5. The topological polar surface area (TPSA) is 71.5 Å². The van der Waals surface area contributed by atoms with Gasteiger partial charge in [-0.2, -0.15) is 0 Å². The van der Waals surface area contributed by atoms with Crippen LogP contribution in [0.2, 0.25) is 5.15 Å². The minimum absolute atomic E-state index is 0.0904. The zero-order valence-electron chi connectivity index (χ0n) is 10.4. The molecular weight excluding hydrogens is 256 g/mol. The number of carbonyl (C=O) groups is 1. The van der Waals surface area contributed by atoms with Crippen molar-refractivity contribution in [3.63, 3.8) is 0 Å². The third kappa shape index (κ3) is 4.50. The molecule has 0 aliphatic rings. The molecule has 0 aromatic carbocycles. The second kappa shape index (κ2) is 7.18. The van der Waals surface area contributed by atoms with Gasteiger partial charge in [-0.3, -0.25) is 0 Å². The molecule has 1 aromatic rings. The third-order valence-corrected chi connectivity index (χ3v) is 2.59. The lowest BCUT2D eigenvalue weighted by Crippen LogP contribution is -2.25. The van der Waals surface area contributed by atoms with Gasteiger partial charge in [-0.1, -0.05) is 24.9 Å². The first-order valence-corrected chi connectivity index (χ1v) is 6.11. The summed E-state index contributed by atoms with van der Waals surface area (Å²) in [5, 5.41) is 12.2. The van der Waals surface area contributed by atoms with E-state index in [0.717, 1.165) is 12.8 Å². The Morgan fingerprint density at radius 1 is 1.61 bits per heavy atom. The van der Waals surface area contributed by atoms with E-state index >= 15 is 0 Å². The van der Waals surface area contributed by atoms with Gasteiger partial charge in [-0.25, -0.2) is 9.78 Å². The zero-order chi connectivity index (χ0) is 13.5. The molecule has 0 saturated heterocycles. The monoisotopic (exact) mass is 272 g/mol. The number of carboxylic acids is 1. The molecule has 2 N–H and O–H groups in total. The molecule has 1 rings (SSSR count). The predicted molar refractivity (Wildman–Crippen MR) is 70.4 cm³/mol. The molecule has 0 amide bonds. The van der Waals surface area contributed by atoms with Gasteiger partial charge < -0.3 is 15.2 Å². The van der Waals surface area contributed by atoms with Gasteiger partial charge in [-0.05, 0) is 18.6 Å². The Kier molecular flexibility index (Phi) is 5.88. The van der Waals surface area contributed by atoms with Crippen molar-refractivity contribution in [2.75, 3.05) is 19.0 Å². The van der Waals surface area contributed by atoms with Crippen LogP contribution in [0, 0.1) is 0 Å². The van der Waals surface area contributed by atoms with Gasteiger partial charge in [0.15, 0.2) is 0 Å². The number of nitrogens with one attached hydrogen (secondary N) is 1. The lowest BCUT2D eigenvalue weighted by atomic mass is 10.2. The normalized spacial score (nSPS) is 12.2. The largest absolute Gasteiger partial charge is 0.478 e. The minimum Gasteiger partial charge on any atom is -0.478 e. The van der Waals surface area contributed by atoms with Crippen LogP contribution in [0.4, 0.5) is 5.82 Å². The summed E-state index contributed by atoms with van der Waals surface area (Å²) in [6.07, 6.45) is 1.90. The Balaban J connectivity index is 2.84. The van der Waals surface area contributed by atoms with Crippen LogP contribution in [0.3, 0.4) is 0 Å². The van der Waals surface area contributed by atoms with E-state index in [1.807, 2.05) is 0 Å². The fraction of sp³-hybridized carbons (Fsp3) is 0.500. The predicted octanol–water partition coefficient (Wildman–Crippen LogP) is 2.66. The number of methoxy groups -OCH3 is 1. The van der Waals surface area contributed by atoms with Gasteiger partial charge in [-0.15, -0.1) is 0 Å². The number of ether oxygens (including phenoxy) is 1. The molecular formula is C12H17ClN2O3. The molecule has 1 unspecified atom stereocenters. The molecule has 1 atom stereocenters. The SMILES string of the molecule is CCCC(COC)Nc1cc(C(=O)O)cc(Cl)n1. The molecule has 0 spiro atoms. The van der Waals surface area contributed by atoms with Crippen LogP contribution < -0.4 is 5.32 Å². The lowest BCUT2D eigenvalue weighted by molar-refractivity contribution is 0.0697. The third-order valence-electron chi connectivity index (χ3n) is 2.40. The number of pyridine rings is 1. The van der Waals surface area contributed by atoms with E-state index < -0.39 is 5.97 Å². The molecule has 0 radical (unpaired) electrons. The van der Waals surface area contributed by atoms with Gasteiger partial charge in [0, 0.05) is 7.11 Å². The second-order valence-corrected chi connectivity index (χ2v) is 4.34. The van der Waals surface area contributed by atoms with E-state index in [-0.39, 0.29) is 16.8 Å². The van der Waals surface area contributed by atoms with Crippen molar-refractivity contribution >= 4 is 23.4 Å². The van der Waals surface area contributed by atoms with Crippen LogP contribution in [-0.2, 0) is 4.74 Å². The van der Waals surface area contributed by atoms with Crippen LogP contribution in [0.25, 0.3) is 0 Å². The fourth-order valence-electron chi connectivity index (χ4n) is 1.65. The summed E-state index contributed by atoms with van der Waals surface area (Å²) in [5.74, 6) is -0.573. The highest BCUT2D eigenvalue weighted by molar-refractivity contribution is 6.29.